The second kappa shape index (κ2) is 5.51. The van der Waals surface area contributed by atoms with Crippen LogP contribution in [-0.2, 0) is 9.84 Å². The summed E-state index contributed by atoms with van der Waals surface area (Å²) in [7, 11) is -5.33. The Labute approximate surface area is 122 Å². The van der Waals surface area contributed by atoms with E-state index in [0.717, 1.165) is 31.7 Å². The fraction of sp³-hybridized carbons (Fsp3) is 0.571. The largest absolute Gasteiger partial charge is 0.501 e. The summed E-state index contributed by atoms with van der Waals surface area (Å²) in [5, 5.41) is 2.90. The lowest BCUT2D eigenvalue weighted by Gasteiger charge is -2.18. The second-order valence-corrected chi connectivity index (χ2v) is 7.46. The number of hydrogen-bond acceptors (Lipinski definition) is 3. The van der Waals surface area contributed by atoms with Crippen LogP contribution in [0.3, 0.4) is 0 Å². The maximum absolute atomic E-state index is 12.7. The van der Waals surface area contributed by atoms with Gasteiger partial charge in [-0.1, -0.05) is 25.5 Å². The Hall–Kier alpha value is -1.24. The normalized spacial score (nSPS) is 17.5. The van der Waals surface area contributed by atoms with Crippen LogP contribution in [0.5, 0.6) is 0 Å². The Morgan fingerprint density at radius 1 is 1.24 bits per heavy atom. The van der Waals surface area contributed by atoms with Crippen LogP contribution >= 0.6 is 0 Å². The van der Waals surface area contributed by atoms with Crippen LogP contribution in [0, 0.1) is 5.41 Å². The Kier molecular flexibility index (Phi) is 4.24. The fourth-order valence-electron chi connectivity index (χ4n) is 2.48. The van der Waals surface area contributed by atoms with Crippen LogP contribution in [-0.4, -0.2) is 20.5 Å². The van der Waals surface area contributed by atoms with E-state index in [-0.39, 0.29) is 11.1 Å². The number of halogens is 3. The summed E-state index contributed by atoms with van der Waals surface area (Å²) >= 11 is 0. The number of benzene rings is 1. The number of nitrogens with one attached hydrogen (secondary N) is 1. The zero-order valence-corrected chi connectivity index (χ0v) is 12.5. The van der Waals surface area contributed by atoms with Gasteiger partial charge >= 0.3 is 5.51 Å². The van der Waals surface area contributed by atoms with Gasteiger partial charge in [0.15, 0.2) is 0 Å². The van der Waals surface area contributed by atoms with Crippen molar-refractivity contribution < 1.29 is 21.6 Å². The zero-order valence-electron chi connectivity index (χ0n) is 11.7. The van der Waals surface area contributed by atoms with Crippen molar-refractivity contribution in [2.45, 2.75) is 43.0 Å². The SMILES string of the molecule is CCCC1(CNc2ccccc2S(=O)(=O)C(F)(F)F)CC1. The summed E-state index contributed by atoms with van der Waals surface area (Å²) < 4.78 is 61.2. The predicted molar refractivity (Wildman–Crippen MR) is 74.7 cm³/mol. The number of rotatable bonds is 6. The van der Waals surface area contributed by atoms with Crippen LogP contribution in [0.25, 0.3) is 0 Å². The Balaban J connectivity index is 2.22. The van der Waals surface area contributed by atoms with Crippen molar-refractivity contribution in [2.75, 3.05) is 11.9 Å². The average molecular weight is 321 g/mol. The van der Waals surface area contributed by atoms with Crippen LogP contribution in [0.15, 0.2) is 29.2 Å². The van der Waals surface area contributed by atoms with Crippen LogP contribution in [0.4, 0.5) is 18.9 Å². The molecule has 1 fully saturated rings. The van der Waals surface area contributed by atoms with E-state index in [1.54, 1.807) is 0 Å². The van der Waals surface area contributed by atoms with Crippen molar-refractivity contribution in [3.8, 4) is 0 Å². The van der Waals surface area contributed by atoms with E-state index in [2.05, 4.69) is 12.2 Å². The molecule has 0 heterocycles. The first-order valence-corrected chi connectivity index (χ1v) is 8.34. The summed E-state index contributed by atoms with van der Waals surface area (Å²) in [4.78, 5) is -0.704. The highest BCUT2D eigenvalue weighted by Crippen LogP contribution is 2.49. The number of anilines is 1. The van der Waals surface area contributed by atoms with E-state index < -0.39 is 20.2 Å². The van der Waals surface area contributed by atoms with Crippen molar-refractivity contribution in [2.24, 2.45) is 5.41 Å². The molecule has 0 aromatic heterocycles. The van der Waals surface area contributed by atoms with E-state index in [0.29, 0.717) is 6.54 Å². The first-order chi connectivity index (χ1) is 9.72. The molecule has 0 unspecified atom stereocenters. The monoisotopic (exact) mass is 321 g/mol. The van der Waals surface area contributed by atoms with Crippen molar-refractivity contribution in [3.05, 3.63) is 24.3 Å². The number of hydrogen-bond donors (Lipinski definition) is 1. The molecule has 0 radical (unpaired) electrons. The number of alkyl halides is 3. The molecule has 0 bridgehead atoms. The van der Waals surface area contributed by atoms with Gasteiger partial charge in [-0.15, -0.1) is 0 Å². The maximum Gasteiger partial charge on any atom is 0.501 e. The molecule has 1 aliphatic rings. The van der Waals surface area contributed by atoms with E-state index in [9.17, 15) is 21.6 Å². The minimum atomic E-state index is -5.33. The molecule has 0 saturated heterocycles. The van der Waals surface area contributed by atoms with Gasteiger partial charge in [-0.2, -0.15) is 13.2 Å². The van der Waals surface area contributed by atoms with Crippen molar-refractivity contribution >= 4 is 15.5 Å². The molecule has 3 nitrogen and oxygen atoms in total. The molecular formula is C14H18F3NO2S. The van der Waals surface area contributed by atoms with Gasteiger partial charge in [0.25, 0.3) is 9.84 Å². The highest BCUT2D eigenvalue weighted by molar-refractivity contribution is 7.92. The first-order valence-electron chi connectivity index (χ1n) is 6.86. The molecule has 2 rings (SSSR count). The van der Waals surface area contributed by atoms with Gasteiger partial charge in [-0.25, -0.2) is 8.42 Å². The van der Waals surface area contributed by atoms with Gasteiger partial charge in [0, 0.05) is 6.54 Å². The van der Waals surface area contributed by atoms with Crippen LogP contribution < -0.4 is 5.32 Å². The van der Waals surface area contributed by atoms with Gasteiger partial charge in [-0.05, 0) is 36.8 Å². The minimum Gasteiger partial charge on any atom is -0.383 e. The first kappa shape index (κ1) is 16.1. The third-order valence-corrected chi connectivity index (χ3v) is 5.42. The van der Waals surface area contributed by atoms with Crippen LogP contribution in [0.1, 0.15) is 32.6 Å². The fourth-order valence-corrected chi connectivity index (χ4v) is 3.41. The molecule has 7 heteroatoms. The summed E-state index contributed by atoms with van der Waals surface area (Å²) in [6, 6.07) is 5.19. The van der Waals surface area contributed by atoms with E-state index >= 15 is 0 Å². The zero-order chi connectivity index (χ0) is 15.7. The van der Waals surface area contributed by atoms with Gasteiger partial charge in [-0.3, -0.25) is 0 Å². The highest BCUT2D eigenvalue weighted by atomic mass is 32.2. The highest BCUT2D eigenvalue weighted by Gasteiger charge is 2.48. The Bertz CT molecular complexity index is 607. The van der Waals surface area contributed by atoms with Crippen molar-refractivity contribution in [1.82, 2.24) is 0 Å². The molecule has 21 heavy (non-hydrogen) atoms. The lowest BCUT2D eigenvalue weighted by atomic mass is 10.0. The quantitative estimate of drug-likeness (QED) is 0.862. The lowest BCUT2D eigenvalue weighted by molar-refractivity contribution is -0.0435. The van der Waals surface area contributed by atoms with Gasteiger partial charge < -0.3 is 5.32 Å². The van der Waals surface area contributed by atoms with E-state index in [1.165, 1.54) is 18.2 Å². The predicted octanol–water partition coefficient (Wildman–Crippen LogP) is 3.97. The number of para-hydroxylation sites is 1. The summed E-state index contributed by atoms with van der Waals surface area (Å²) in [5.41, 5.74) is -5.15. The third kappa shape index (κ3) is 3.33. The third-order valence-electron chi connectivity index (χ3n) is 3.87. The maximum atomic E-state index is 12.7. The molecule has 0 aliphatic heterocycles. The van der Waals surface area contributed by atoms with Crippen molar-refractivity contribution in [3.63, 3.8) is 0 Å². The molecular weight excluding hydrogens is 303 g/mol. The smallest absolute Gasteiger partial charge is 0.383 e. The molecule has 0 atom stereocenters. The van der Waals surface area contributed by atoms with E-state index in [4.69, 9.17) is 0 Å². The van der Waals surface area contributed by atoms with E-state index in [1.807, 2.05) is 0 Å². The average Bonchev–Trinajstić information content (AvgIpc) is 3.16. The molecule has 0 amide bonds. The molecule has 1 aromatic carbocycles. The standard InChI is InChI=1S/C14H18F3NO2S/c1-2-7-13(8-9-13)10-18-11-5-3-4-6-12(11)21(19,20)14(15,16)17/h3-6,18H,2,7-10H2,1H3. The van der Waals surface area contributed by atoms with Gasteiger partial charge in [0.2, 0.25) is 0 Å². The molecule has 1 aliphatic carbocycles. The van der Waals surface area contributed by atoms with Crippen molar-refractivity contribution in [1.29, 1.82) is 0 Å². The number of sulfone groups is 1. The Morgan fingerprint density at radius 3 is 2.38 bits per heavy atom. The molecule has 1 saturated carbocycles. The topological polar surface area (TPSA) is 46.2 Å². The second-order valence-electron chi connectivity index (χ2n) is 5.55. The van der Waals surface area contributed by atoms with Crippen LogP contribution in [0.2, 0.25) is 0 Å². The Morgan fingerprint density at radius 2 is 1.86 bits per heavy atom. The molecule has 118 valence electrons. The summed E-state index contributed by atoms with van der Waals surface area (Å²) in [5.74, 6) is 0. The summed E-state index contributed by atoms with van der Waals surface area (Å²) in [6.07, 6.45) is 4.06. The van der Waals surface area contributed by atoms with Gasteiger partial charge in [0.05, 0.1) is 10.6 Å². The lowest BCUT2D eigenvalue weighted by Crippen LogP contribution is -2.25. The van der Waals surface area contributed by atoms with Gasteiger partial charge in [0.1, 0.15) is 0 Å². The minimum absolute atomic E-state index is 0.0252. The summed E-state index contributed by atoms with van der Waals surface area (Å²) in [6.45, 7) is 2.56. The molecule has 0 spiro atoms. The molecule has 1 aromatic rings. The molecule has 1 N–H and O–H groups in total.